The highest BCUT2D eigenvalue weighted by atomic mass is 32.2. The van der Waals surface area contributed by atoms with Crippen molar-refractivity contribution in [3.8, 4) is 0 Å². The standard InChI is InChI=1S/C12H17N3O2S/c1-10(13)12(2)6-4-8-15(12)18(16,17)11-5-3-7-14-9-11/h3,5,7,9,13H,4,6,8H2,1-2H3. The van der Waals surface area contributed by atoms with Crippen LogP contribution in [0.2, 0.25) is 0 Å². The molecule has 2 heterocycles. The summed E-state index contributed by atoms with van der Waals surface area (Å²) in [6.45, 7) is 3.94. The second-order valence-electron chi connectivity index (χ2n) is 4.77. The highest BCUT2D eigenvalue weighted by Gasteiger charge is 2.45. The first-order valence-electron chi connectivity index (χ1n) is 5.87. The molecule has 1 aromatic rings. The summed E-state index contributed by atoms with van der Waals surface area (Å²) in [6, 6.07) is 3.15. The van der Waals surface area contributed by atoms with E-state index in [1.165, 1.54) is 10.5 Å². The van der Waals surface area contributed by atoms with Gasteiger partial charge in [0, 0.05) is 24.7 Å². The molecule has 98 valence electrons. The van der Waals surface area contributed by atoms with Crippen molar-refractivity contribution >= 4 is 15.7 Å². The monoisotopic (exact) mass is 267 g/mol. The fraction of sp³-hybridized carbons (Fsp3) is 0.500. The molecule has 0 bridgehead atoms. The van der Waals surface area contributed by atoms with E-state index in [1.807, 2.05) is 6.92 Å². The summed E-state index contributed by atoms with van der Waals surface area (Å²) in [4.78, 5) is 4.05. The Hall–Kier alpha value is -1.27. The first-order chi connectivity index (χ1) is 8.39. The molecule has 1 atom stereocenters. The van der Waals surface area contributed by atoms with Gasteiger partial charge >= 0.3 is 0 Å². The van der Waals surface area contributed by atoms with E-state index in [0.717, 1.165) is 6.42 Å². The summed E-state index contributed by atoms with van der Waals surface area (Å²) in [5.74, 6) is 0. The van der Waals surface area contributed by atoms with E-state index in [2.05, 4.69) is 4.98 Å². The molecule has 1 fully saturated rings. The van der Waals surface area contributed by atoms with Gasteiger partial charge in [0.15, 0.2) is 0 Å². The van der Waals surface area contributed by atoms with Gasteiger partial charge in [-0.2, -0.15) is 4.31 Å². The molecular weight excluding hydrogens is 250 g/mol. The smallest absolute Gasteiger partial charge is 0.245 e. The predicted molar refractivity (Wildman–Crippen MR) is 69.2 cm³/mol. The number of hydrogen-bond donors (Lipinski definition) is 1. The van der Waals surface area contributed by atoms with Gasteiger partial charge < -0.3 is 5.41 Å². The Morgan fingerprint density at radius 2 is 2.28 bits per heavy atom. The zero-order valence-corrected chi connectivity index (χ0v) is 11.4. The first-order valence-corrected chi connectivity index (χ1v) is 7.31. The lowest BCUT2D eigenvalue weighted by Crippen LogP contribution is -2.49. The minimum Gasteiger partial charge on any atom is -0.308 e. The fourth-order valence-corrected chi connectivity index (χ4v) is 4.15. The van der Waals surface area contributed by atoms with Gasteiger partial charge in [-0.15, -0.1) is 0 Å². The highest BCUT2D eigenvalue weighted by molar-refractivity contribution is 7.89. The van der Waals surface area contributed by atoms with Crippen LogP contribution < -0.4 is 0 Å². The number of rotatable bonds is 3. The average molecular weight is 267 g/mol. The van der Waals surface area contributed by atoms with E-state index in [4.69, 9.17) is 5.41 Å². The van der Waals surface area contributed by atoms with Crippen LogP contribution in [0.3, 0.4) is 0 Å². The Bertz CT molecular complexity index is 556. The van der Waals surface area contributed by atoms with Gasteiger partial charge in [0.25, 0.3) is 0 Å². The summed E-state index contributed by atoms with van der Waals surface area (Å²) >= 11 is 0. The zero-order chi connectivity index (χ0) is 13.4. The normalized spacial score (nSPS) is 25.2. The summed E-state index contributed by atoms with van der Waals surface area (Å²) in [5.41, 5.74) is -0.318. The van der Waals surface area contributed by atoms with Crippen molar-refractivity contribution in [2.24, 2.45) is 0 Å². The molecule has 18 heavy (non-hydrogen) atoms. The molecule has 1 unspecified atom stereocenters. The van der Waals surface area contributed by atoms with Gasteiger partial charge in [-0.25, -0.2) is 8.42 Å². The van der Waals surface area contributed by atoms with E-state index in [1.54, 1.807) is 25.3 Å². The third kappa shape index (κ3) is 1.95. The number of sulfonamides is 1. The van der Waals surface area contributed by atoms with Crippen molar-refractivity contribution < 1.29 is 8.42 Å². The maximum absolute atomic E-state index is 12.5. The SMILES string of the molecule is CC(=N)C1(C)CCCN1S(=O)(=O)c1cccnc1. The van der Waals surface area contributed by atoms with Crippen LogP contribution in [-0.4, -0.2) is 35.5 Å². The molecule has 0 aromatic carbocycles. The molecule has 6 heteroatoms. The Kier molecular flexibility index (Phi) is 3.25. The number of nitrogens with one attached hydrogen (secondary N) is 1. The maximum atomic E-state index is 12.5. The summed E-state index contributed by atoms with van der Waals surface area (Å²) in [6.07, 6.45) is 4.38. The van der Waals surface area contributed by atoms with Crippen molar-refractivity contribution in [1.82, 2.24) is 9.29 Å². The molecule has 1 aliphatic rings. The van der Waals surface area contributed by atoms with Gasteiger partial charge in [0.1, 0.15) is 4.90 Å². The van der Waals surface area contributed by atoms with E-state index in [9.17, 15) is 8.42 Å². The van der Waals surface area contributed by atoms with E-state index in [0.29, 0.717) is 18.7 Å². The van der Waals surface area contributed by atoms with E-state index < -0.39 is 15.6 Å². The van der Waals surface area contributed by atoms with Crippen molar-refractivity contribution in [1.29, 1.82) is 5.41 Å². The third-order valence-electron chi connectivity index (χ3n) is 3.61. The van der Waals surface area contributed by atoms with Crippen LogP contribution in [0.15, 0.2) is 29.4 Å². The van der Waals surface area contributed by atoms with E-state index in [-0.39, 0.29) is 4.90 Å². The van der Waals surface area contributed by atoms with Crippen LogP contribution in [0.4, 0.5) is 0 Å². The molecule has 1 N–H and O–H groups in total. The Morgan fingerprint density at radius 1 is 1.56 bits per heavy atom. The largest absolute Gasteiger partial charge is 0.308 e. The zero-order valence-electron chi connectivity index (χ0n) is 10.5. The predicted octanol–water partition coefficient (Wildman–Crippen LogP) is 1.66. The summed E-state index contributed by atoms with van der Waals surface area (Å²) < 4.78 is 26.5. The van der Waals surface area contributed by atoms with Gasteiger partial charge in [-0.05, 0) is 38.8 Å². The minimum absolute atomic E-state index is 0.194. The summed E-state index contributed by atoms with van der Waals surface area (Å²) in [7, 11) is -3.56. The Morgan fingerprint density at radius 3 is 2.83 bits per heavy atom. The molecule has 1 saturated heterocycles. The summed E-state index contributed by atoms with van der Waals surface area (Å²) in [5, 5.41) is 7.84. The topological polar surface area (TPSA) is 74.1 Å². The highest BCUT2D eigenvalue weighted by Crippen LogP contribution is 2.34. The lowest BCUT2D eigenvalue weighted by molar-refractivity contribution is 0.348. The minimum atomic E-state index is -3.56. The number of aromatic nitrogens is 1. The van der Waals surface area contributed by atoms with Crippen LogP contribution >= 0.6 is 0 Å². The lowest BCUT2D eigenvalue weighted by Gasteiger charge is -2.33. The second-order valence-corrected chi connectivity index (χ2v) is 6.63. The first kappa shape index (κ1) is 13.2. The van der Waals surface area contributed by atoms with Gasteiger partial charge in [-0.3, -0.25) is 4.98 Å². The number of nitrogens with zero attached hydrogens (tertiary/aromatic N) is 2. The van der Waals surface area contributed by atoms with Crippen LogP contribution in [0.25, 0.3) is 0 Å². The molecular formula is C12H17N3O2S. The van der Waals surface area contributed by atoms with Crippen LogP contribution in [0, 0.1) is 5.41 Å². The maximum Gasteiger partial charge on any atom is 0.245 e. The van der Waals surface area contributed by atoms with Crippen LogP contribution in [0.1, 0.15) is 26.7 Å². The second kappa shape index (κ2) is 4.44. The number of pyridine rings is 1. The molecule has 0 spiro atoms. The Balaban J connectivity index is 2.46. The molecule has 5 nitrogen and oxygen atoms in total. The van der Waals surface area contributed by atoms with Crippen LogP contribution in [0.5, 0.6) is 0 Å². The molecule has 1 aromatic heterocycles. The van der Waals surface area contributed by atoms with Gasteiger partial charge in [0.2, 0.25) is 10.0 Å². The third-order valence-corrected chi connectivity index (χ3v) is 5.61. The van der Waals surface area contributed by atoms with Crippen LogP contribution in [-0.2, 0) is 10.0 Å². The Labute approximate surface area is 107 Å². The van der Waals surface area contributed by atoms with Crippen molar-refractivity contribution in [2.45, 2.75) is 37.1 Å². The van der Waals surface area contributed by atoms with E-state index >= 15 is 0 Å². The average Bonchev–Trinajstić information content (AvgIpc) is 2.75. The molecule has 0 amide bonds. The number of hydrogen-bond acceptors (Lipinski definition) is 4. The quantitative estimate of drug-likeness (QED) is 0.846. The van der Waals surface area contributed by atoms with Crippen molar-refractivity contribution in [2.75, 3.05) is 6.54 Å². The van der Waals surface area contributed by atoms with Crippen molar-refractivity contribution in [3.05, 3.63) is 24.5 Å². The fourth-order valence-electron chi connectivity index (χ4n) is 2.33. The molecule has 0 radical (unpaired) electrons. The lowest BCUT2D eigenvalue weighted by atomic mass is 9.95. The molecule has 0 saturated carbocycles. The van der Waals surface area contributed by atoms with Crippen molar-refractivity contribution in [3.63, 3.8) is 0 Å². The molecule has 0 aliphatic carbocycles. The van der Waals surface area contributed by atoms with Gasteiger partial charge in [-0.1, -0.05) is 0 Å². The van der Waals surface area contributed by atoms with Gasteiger partial charge in [0.05, 0.1) is 5.54 Å². The molecule has 2 rings (SSSR count). The molecule has 1 aliphatic heterocycles.